The normalized spacial score (nSPS) is 23.4. The fraction of sp³-hybridized carbons (Fsp3) is 0.455. The molecule has 0 bridgehead atoms. The molecule has 2 saturated heterocycles. The van der Waals surface area contributed by atoms with E-state index >= 15 is 0 Å². The first-order chi connectivity index (χ1) is 14.0. The predicted octanol–water partition coefficient (Wildman–Crippen LogP) is 1.49. The molecule has 0 aromatic heterocycles. The molecule has 2 unspecified atom stereocenters. The number of carbonyl (C=O) groups is 4. The number of nitrogens with zero attached hydrogens (tertiary/aromatic N) is 2. The molecule has 3 aliphatic rings. The third kappa shape index (κ3) is 3.95. The lowest BCUT2D eigenvalue weighted by Gasteiger charge is -2.16. The molecule has 0 radical (unpaired) electrons. The molecule has 2 fully saturated rings. The molecule has 4 amide bonds. The summed E-state index contributed by atoms with van der Waals surface area (Å²) in [6, 6.07) is 7.17. The van der Waals surface area contributed by atoms with Gasteiger partial charge in [0.15, 0.2) is 0 Å². The van der Waals surface area contributed by atoms with Gasteiger partial charge in [0.2, 0.25) is 17.7 Å². The highest BCUT2D eigenvalue weighted by molar-refractivity contribution is 6.07. The number of hydrogen-bond acceptors (Lipinski definition) is 4. The maximum absolute atomic E-state index is 12.4. The summed E-state index contributed by atoms with van der Waals surface area (Å²) < 4.78 is 0. The van der Waals surface area contributed by atoms with Gasteiger partial charge in [0.1, 0.15) is 6.54 Å². The van der Waals surface area contributed by atoms with Crippen LogP contribution in [-0.4, -0.2) is 53.1 Å². The number of fused-ring (bicyclic) bond motifs is 1. The predicted molar refractivity (Wildman–Crippen MR) is 106 cm³/mol. The second-order valence-corrected chi connectivity index (χ2v) is 7.89. The zero-order valence-electron chi connectivity index (χ0n) is 16.3. The summed E-state index contributed by atoms with van der Waals surface area (Å²) in [5.41, 5.74) is 1.50. The van der Waals surface area contributed by atoms with Crippen molar-refractivity contribution in [2.75, 3.05) is 19.6 Å². The summed E-state index contributed by atoms with van der Waals surface area (Å²) in [6.07, 6.45) is 7.08. The number of rotatable bonds is 5. The lowest BCUT2D eigenvalue weighted by molar-refractivity contribution is -0.143. The molecule has 29 heavy (non-hydrogen) atoms. The van der Waals surface area contributed by atoms with Crippen molar-refractivity contribution in [3.05, 3.63) is 47.5 Å². The summed E-state index contributed by atoms with van der Waals surface area (Å²) in [6.45, 7) is 1.66. The lowest BCUT2D eigenvalue weighted by Crippen LogP contribution is -2.40. The van der Waals surface area contributed by atoms with Gasteiger partial charge in [0.25, 0.3) is 5.91 Å². The molecular weight excluding hydrogens is 370 g/mol. The molecular formula is C22H25N3O4. The maximum Gasteiger partial charge on any atom is 0.253 e. The molecule has 0 saturated carbocycles. The number of allylic oxidation sites excluding steroid dienone is 2. The smallest absolute Gasteiger partial charge is 0.253 e. The van der Waals surface area contributed by atoms with Gasteiger partial charge < -0.3 is 10.2 Å². The van der Waals surface area contributed by atoms with Gasteiger partial charge in [-0.1, -0.05) is 24.3 Å². The standard InChI is InChI=1S/C22H25N3O4/c26-19(14-25-21(28)17-5-1-2-6-18(17)22(25)29)23-13-15-7-9-16(10-8-15)20(27)24-11-3-4-12-24/h1-2,7-10,17-18H,3-6,11-14H2,(H,23,26). The van der Waals surface area contributed by atoms with Gasteiger partial charge in [0, 0.05) is 25.2 Å². The van der Waals surface area contributed by atoms with E-state index in [1.54, 1.807) is 12.1 Å². The number of hydrogen-bond donors (Lipinski definition) is 1. The molecule has 2 aliphatic heterocycles. The summed E-state index contributed by atoms with van der Waals surface area (Å²) >= 11 is 0. The Morgan fingerprint density at radius 2 is 1.52 bits per heavy atom. The largest absolute Gasteiger partial charge is 0.350 e. The van der Waals surface area contributed by atoms with Crippen molar-refractivity contribution < 1.29 is 19.2 Å². The minimum atomic E-state index is -0.365. The number of imide groups is 1. The van der Waals surface area contributed by atoms with Crippen LogP contribution in [0.3, 0.4) is 0 Å². The summed E-state index contributed by atoms with van der Waals surface area (Å²) in [4.78, 5) is 52.5. The van der Waals surface area contributed by atoms with E-state index in [-0.39, 0.29) is 48.6 Å². The molecule has 1 aromatic rings. The van der Waals surface area contributed by atoms with E-state index in [1.165, 1.54) is 0 Å². The summed E-state index contributed by atoms with van der Waals surface area (Å²) in [7, 11) is 0. The van der Waals surface area contributed by atoms with Crippen LogP contribution in [0, 0.1) is 11.8 Å². The summed E-state index contributed by atoms with van der Waals surface area (Å²) in [5.74, 6) is -1.45. The van der Waals surface area contributed by atoms with Gasteiger partial charge in [-0.25, -0.2) is 0 Å². The Kier molecular flexibility index (Phi) is 5.47. The van der Waals surface area contributed by atoms with Crippen LogP contribution < -0.4 is 5.32 Å². The van der Waals surface area contributed by atoms with Crippen LogP contribution in [0.25, 0.3) is 0 Å². The SMILES string of the molecule is O=C(CN1C(=O)C2CC=CCC2C1=O)NCc1ccc(C(=O)N2CCCC2)cc1. The average Bonchev–Trinajstić information content (AvgIpc) is 3.36. The molecule has 1 N–H and O–H groups in total. The molecule has 2 heterocycles. The Hall–Kier alpha value is -2.96. The van der Waals surface area contributed by atoms with Gasteiger partial charge >= 0.3 is 0 Å². The van der Waals surface area contributed by atoms with Gasteiger partial charge in [-0.15, -0.1) is 0 Å². The number of amides is 4. The summed E-state index contributed by atoms with van der Waals surface area (Å²) in [5, 5.41) is 2.76. The topological polar surface area (TPSA) is 86.8 Å². The number of carbonyl (C=O) groups excluding carboxylic acids is 4. The van der Waals surface area contributed by atoms with Crippen LogP contribution in [0.4, 0.5) is 0 Å². The molecule has 1 aliphatic carbocycles. The van der Waals surface area contributed by atoms with Crippen molar-refractivity contribution in [2.24, 2.45) is 11.8 Å². The molecule has 7 nitrogen and oxygen atoms in total. The molecule has 0 spiro atoms. The third-order valence-corrected chi connectivity index (χ3v) is 5.98. The van der Waals surface area contributed by atoms with E-state index in [0.717, 1.165) is 36.4 Å². The molecule has 2 atom stereocenters. The van der Waals surface area contributed by atoms with Crippen LogP contribution in [0.1, 0.15) is 41.6 Å². The fourth-order valence-corrected chi connectivity index (χ4v) is 4.29. The van der Waals surface area contributed by atoms with Crippen LogP contribution in [0.2, 0.25) is 0 Å². The average molecular weight is 395 g/mol. The van der Waals surface area contributed by atoms with Crippen molar-refractivity contribution in [2.45, 2.75) is 32.2 Å². The van der Waals surface area contributed by atoms with E-state index in [4.69, 9.17) is 0 Å². The van der Waals surface area contributed by atoms with E-state index in [0.29, 0.717) is 18.4 Å². The first-order valence-corrected chi connectivity index (χ1v) is 10.2. The third-order valence-electron chi connectivity index (χ3n) is 5.98. The highest BCUT2D eigenvalue weighted by Crippen LogP contribution is 2.34. The highest BCUT2D eigenvalue weighted by Gasteiger charge is 2.47. The molecule has 1 aromatic carbocycles. The maximum atomic E-state index is 12.4. The fourth-order valence-electron chi connectivity index (χ4n) is 4.29. The lowest BCUT2D eigenvalue weighted by atomic mass is 9.85. The van der Waals surface area contributed by atoms with Gasteiger partial charge in [-0.2, -0.15) is 0 Å². The van der Waals surface area contributed by atoms with Crippen LogP contribution in [0.5, 0.6) is 0 Å². The Balaban J connectivity index is 1.29. The molecule has 4 rings (SSSR count). The zero-order valence-corrected chi connectivity index (χ0v) is 16.3. The van der Waals surface area contributed by atoms with Crippen molar-refractivity contribution in [1.29, 1.82) is 0 Å². The highest BCUT2D eigenvalue weighted by atomic mass is 16.2. The van der Waals surface area contributed by atoms with Crippen molar-refractivity contribution in [3.63, 3.8) is 0 Å². The number of likely N-dealkylation sites (tertiary alicyclic amines) is 2. The second-order valence-electron chi connectivity index (χ2n) is 7.89. The van der Waals surface area contributed by atoms with Crippen molar-refractivity contribution in [3.8, 4) is 0 Å². The zero-order chi connectivity index (χ0) is 20.4. The monoisotopic (exact) mass is 395 g/mol. The Morgan fingerprint density at radius 1 is 0.931 bits per heavy atom. The van der Waals surface area contributed by atoms with Gasteiger partial charge in [-0.05, 0) is 43.4 Å². The van der Waals surface area contributed by atoms with E-state index in [1.807, 2.05) is 29.2 Å². The number of nitrogens with one attached hydrogen (secondary N) is 1. The van der Waals surface area contributed by atoms with Crippen molar-refractivity contribution in [1.82, 2.24) is 15.1 Å². The number of benzene rings is 1. The molecule has 152 valence electrons. The van der Waals surface area contributed by atoms with Gasteiger partial charge in [-0.3, -0.25) is 24.1 Å². The first kappa shape index (κ1) is 19.4. The van der Waals surface area contributed by atoms with E-state index in [2.05, 4.69) is 5.32 Å². The molecule has 7 heteroatoms. The van der Waals surface area contributed by atoms with Crippen LogP contribution >= 0.6 is 0 Å². The minimum absolute atomic E-state index is 0.0418. The Morgan fingerprint density at radius 3 is 2.10 bits per heavy atom. The van der Waals surface area contributed by atoms with E-state index in [9.17, 15) is 19.2 Å². The van der Waals surface area contributed by atoms with Crippen LogP contribution in [0.15, 0.2) is 36.4 Å². The van der Waals surface area contributed by atoms with Crippen molar-refractivity contribution >= 4 is 23.6 Å². The first-order valence-electron chi connectivity index (χ1n) is 10.2. The quantitative estimate of drug-likeness (QED) is 0.605. The second kappa shape index (κ2) is 8.19. The van der Waals surface area contributed by atoms with Crippen LogP contribution in [-0.2, 0) is 20.9 Å². The Labute approximate surface area is 169 Å². The Bertz CT molecular complexity index is 829. The van der Waals surface area contributed by atoms with E-state index < -0.39 is 0 Å². The van der Waals surface area contributed by atoms with Gasteiger partial charge in [0.05, 0.1) is 11.8 Å². The minimum Gasteiger partial charge on any atom is -0.350 e.